The van der Waals surface area contributed by atoms with Gasteiger partial charge in [-0.15, -0.1) is 0 Å². The fourth-order valence-corrected chi connectivity index (χ4v) is 2.69. The van der Waals surface area contributed by atoms with Crippen LogP contribution in [0.4, 0.5) is 0 Å². The van der Waals surface area contributed by atoms with Gasteiger partial charge in [-0.2, -0.15) is 0 Å². The zero-order valence-corrected chi connectivity index (χ0v) is 12.1. The Balaban J connectivity index is 2.13. The van der Waals surface area contributed by atoms with Gasteiger partial charge in [0.15, 0.2) is 0 Å². The molecule has 0 aromatic carbocycles. The van der Waals surface area contributed by atoms with Crippen LogP contribution in [0.5, 0.6) is 0 Å². The first-order valence-corrected chi connectivity index (χ1v) is 7.76. The number of carbonyl (C=O) groups is 1. The molecule has 3 heteroatoms. The number of unbranched alkanes of at least 4 members (excludes halogenated alkanes) is 1. The van der Waals surface area contributed by atoms with Crippen molar-refractivity contribution in [1.29, 1.82) is 0 Å². The molecule has 1 aliphatic heterocycles. The molecule has 2 N–H and O–H groups in total. The second-order valence-corrected chi connectivity index (χ2v) is 5.52. The summed E-state index contributed by atoms with van der Waals surface area (Å²) in [5.41, 5.74) is 0. The molecule has 1 unspecified atom stereocenters. The Morgan fingerprint density at radius 3 is 2.67 bits per heavy atom. The minimum Gasteiger partial charge on any atom is -0.356 e. The second-order valence-electron chi connectivity index (χ2n) is 5.52. The van der Waals surface area contributed by atoms with Gasteiger partial charge in [0.1, 0.15) is 0 Å². The standard InChI is InChI=1S/C15H30N2O/c1-3-5-6-14(4-2)15(18)17-12-9-13-7-10-16-11-8-13/h13-14,16H,3-12H2,1-2H3,(H,17,18). The first kappa shape index (κ1) is 15.5. The van der Waals surface area contributed by atoms with E-state index in [1.54, 1.807) is 0 Å². The van der Waals surface area contributed by atoms with Crippen LogP contribution in [-0.4, -0.2) is 25.5 Å². The fraction of sp³-hybridized carbons (Fsp3) is 0.933. The molecule has 1 heterocycles. The van der Waals surface area contributed by atoms with E-state index < -0.39 is 0 Å². The molecule has 0 aromatic rings. The smallest absolute Gasteiger partial charge is 0.223 e. The fourth-order valence-electron chi connectivity index (χ4n) is 2.69. The molecule has 1 rings (SSSR count). The van der Waals surface area contributed by atoms with Gasteiger partial charge in [0, 0.05) is 12.5 Å². The highest BCUT2D eigenvalue weighted by molar-refractivity contribution is 5.78. The third kappa shape index (κ3) is 5.85. The summed E-state index contributed by atoms with van der Waals surface area (Å²) >= 11 is 0. The molecule has 0 saturated carbocycles. The Bertz CT molecular complexity index is 225. The minimum atomic E-state index is 0.234. The molecule has 1 fully saturated rings. The number of carbonyl (C=O) groups excluding carboxylic acids is 1. The maximum absolute atomic E-state index is 12.0. The Morgan fingerprint density at radius 2 is 2.06 bits per heavy atom. The van der Waals surface area contributed by atoms with Crippen LogP contribution in [0.3, 0.4) is 0 Å². The van der Waals surface area contributed by atoms with E-state index in [-0.39, 0.29) is 11.8 Å². The molecular weight excluding hydrogens is 224 g/mol. The highest BCUT2D eigenvalue weighted by Gasteiger charge is 2.17. The average Bonchev–Trinajstić information content (AvgIpc) is 2.41. The van der Waals surface area contributed by atoms with Crippen molar-refractivity contribution in [2.75, 3.05) is 19.6 Å². The van der Waals surface area contributed by atoms with Crippen molar-refractivity contribution in [1.82, 2.24) is 10.6 Å². The molecular formula is C15H30N2O. The lowest BCUT2D eigenvalue weighted by Crippen LogP contribution is -2.34. The van der Waals surface area contributed by atoms with E-state index in [9.17, 15) is 4.79 Å². The lowest BCUT2D eigenvalue weighted by Gasteiger charge is -2.23. The van der Waals surface area contributed by atoms with Crippen molar-refractivity contribution in [3.8, 4) is 0 Å². The SMILES string of the molecule is CCCCC(CC)C(=O)NCCC1CCNCC1. The predicted molar refractivity (Wildman–Crippen MR) is 76.5 cm³/mol. The Labute approximate surface area is 112 Å². The van der Waals surface area contributed by atoms with Crippen LogP contribution < -0.4 is 10.6 Å². The summed E-state index contributed by atoms with van der Waals surface area (Å²) in [5.74, 6) is 1.32. The van der Waals surface area contributed by atoms with E-state index in [4.69, 9.17) is 0 Å². The minimum absolute atomic E-state index is 0.234. The second kappa shape index (κ2) is 9.37. The maximum Gasteiger partial charge on any atom is 0.223 e. The molecule has 18 heavy (non-hydrogen) atoms. The van der Waals surface area contributed by atoms with Gasteiger partial charge in [-0.1, -0.05) is 26.7 Å². The van der Waals surface area contributed by atoms with Crippen molar-refractivity contribution in [2.45, 2.75) is 58.8 Å². The monoisotopic (exact) mass is 254 g/mol. The number of amides is 1. The summed E-state index contributed by atoms with van der Waals surface area (Å²) in [4.78, 5) is 12.0. The third-order valence-electron chi connectivity index (χ3n) is 4.08. The quantitative estimate of drug-likeness (QED) is 0.699. The topological polar surface area (TPSA) is 41.1 Å². The normalized spacial score (nSPS) is 18.6. The van der Waals surface area contributed by atoms with Gasteiger partial charge in [-0.3, -0.25) is 4.79 Å². The van der Waals surface area contributed by atoms with Crippen LogP contribution in [0, 0.1) is 11.8 Å². The molecule has 1 amide bonds. The van der Waals surface area contributed by atoms with Gasteiger partial charge in [0.05, 0.1) is 0 Å². The van der Waals surface area contributed by atoms with Crippen LogP contribution in [0.2, 0.25) is 0 Å². The summed E-state index contributed by atoms with van der Waals surface area (Å²) in [5, 5.41) is 6.51. The van der Waals surface area contributed by atoms with E-state index in [1.807, 2.05) is 0 Å². The molecule has 0 aliphatic carbocycles. The molecule has 1 atom stereocenters. The van der Waals surface area contributed by atoms with Crippen molar-refractivity contribution in [2.24, 2.45) is 11.8 Å². The van der Waals surface area contributed by atoms with Crippen LogP contribution in [0.25, 0.3) is 0 Å². The van der Waals surface area contributed by atoms with Crippen LogP contribution in [-0.2, 0) is 4.79 Å². The summed E-state index contributed by atoms with van der Waals surface area (Å²) in [6.07, 6.45) is 8.05. The lowest BCUT2D eigenvalue weighted by atomic mass is 9.94. The van der Waals surface area contributed by atoms with Gasteiger partial charge < -0.3 is 10.6 Å². The molecule has 106 valence electrons. The van der Waals surface area contributed by atoms with Gasteiger partial charge in [-0.25, -0.2) is 0 Å². The molecule has 1 aliphatic rings. The van der Waals surface area contributed by atoms with Crippen LogP contribution >= 0.6 is 0 Å². The molecule has 1 saturated heterocycles. The predicted octanol–water partition coefficient (Wildman–Crippen LogP) is 2.71. The molecule has 0 radical (unpaired) electrons. The van der Waals surface area contributed by atoms with Crippen molar-refractivity contribution in [3.63, 3.8) is 0 Å². The Morgan fingerprint density at radius 1 is 1.33 bits per heavy atom. The van der Waals surface area contributed by atoms with Gasteiger partial charge >= 0.3 is 0 Å². The zero-order valence-electron chi connectivity index (χ0n) is 12.1. The summed E-state index contributed by atoms with van der Waals surface area (Å²) in [6, 6.07) is 0. The third-order valence-corrected chi connectivity index (χ3v) is 4.08. The first-order valence-electron chi connectivity index (χ1n) is 7.76. The van der Waals surface area contributed by atoms with Crippen molar-refractivity contribution < 1.29 is 4.79 Å². The van der Waals surface area contributed by atoms with E-state index in [0.29, 0.717) is 0 Å². The van der Waals surface area contributed by atoms with E-state index in [0.717, 1.165) is 44.8 Å². The zero-order chi connectivity index (χ0) is 13.2. The van der Waals surface area contributed by atoms with Gasteiger partial charge in [0.25, 0.3) is 0 Å². The molecule has 3 nitrogen and oxygen atoms in total. The largest absolute Gasteiger partial charge is 0.356 e. The highest BCUT2D eigenvalue weighted by atomic mass is 16.1. The van der Waals surface area contributed by atoms with E-state index >= 15 is 0 Å². The Hall–Kier alpha value is -0.570. The van der Waals surface area contributed by atoms with Gasteiger partial charge in [0.2, 0.25) is 5.91 Å². The van der Waals surface area contributed by atoms with Crippen LogP contribution in [0.15, 0.2) is 0 Å². The van der Waals surface area contributed by atoms with E-state index in [2.05, 4.69) is 24.5 Å². The lowest BCUT2D eigenvalue weighted by molar-refractivity contribution is -0.125. The molecule has 0 aromatic heterocycles. The highest BCUT2D eigenvalue weighted by Crippen LogP contribution is 2.16. The number of nitrogens with one attached hydrogen (secondary N) is 2. The molecule has 0 spiro atoms. The number of hydrogen-bond donors (Lipinski definition) is 2. The van der Waals surface area contributed by atoms with Crippen molar-refractivity contribution >= 4 is 5.91 Å². The summed E-state index contributed by atoms with van der Waals surface area (Å²) < 4.78 is 0. The summed E-state index contributed by atoms with van der Waals surface area (Å²) in [6.45, 7) is 7.46. The number of piperidine rings is 1. The van der Waals surface area contributed by atoms with Gasteiger partial charge in [-0.05, 0) is 51.1 Å². The number of rotatable bonds is 8. The summed E-state index contributed by atoms with van der Waals surface area (Å²) in [7, 11) is 0. The first-order chi connectivity index (χ1) is 8.77. The number of hydrogen-bond acceptors (Lipinski definition) is 2. The maximum atomic E-state index is 12.0. The average molecular weight is 254 g/mol. The Kier molecular flexibility index (Phi) is 8.06. The van der Waals surface area contributed by atoms with Crippen LogP contribution in [0.1, 0.15) is 58.8 Å². The van der Waals surface area contributed by atoms with E-state index in [1.165, 1.54) is 25.7 Å². The molecule has 0 bridgehead atoms. The van der Waals surface area contributed by atoms with Crippen molar-refractivity contribution in [3.05, 3.63) is 0 Å².